The van der Waals surface area contributed by atoms with E-state index in [0.717, 1.165) is 34.2 Å². The van der Waals surface area contributed by atoms with E-state index in [-0.39, 0.29) is 26.1 Å². The van der Waals surface area contributed by atoms with E-state index in [1.807, 2.05) is 59.2 Å². The number of thioether (sulfide) groups is 1. The first kappa shape index (κ1) is 27.8. The van der Waals surface area contributed by atoms with Gasteiger partial charge in [-0.2, -0.15) is 0 Å². The lowest BCUT2D eigenvalue weighted by molar-refractivity contribution is -0.172. The molecule has 0 aliphatic rings. The van der Waals surface area contributed by atoms with Gasteiger partial charge in [0.05, 0.1) is 19.8 Å². The Kier molecular flexibility index (Phi) is 10.4. The summed E-state index contributed by atoms with van der Waals surface area (Å²) < 4.78 is 13.0. The number of benzene rings is 2. The Labute approximate surface area is 222 Å². The van der Waals surface area contributed by atoms with Crippen LogP contribution in [0.3, 0.4) is 0 Å². The van der Waals surface area contributed by atoms with Crippen LogP contribution >= 0.6 is 23.4 Å². The highest BCUT2D eigenvalue weighted by atomic mass is 35.5. The fraction of sp³-hybridized carbons (Fsp3) is 0.393. The fourth-order valence-electron chi connectivity index (χ4n) is 4.03. The number of ether oxygens (including phenoxy) is 2. The molecule has 1 aromatic heterocycles. The van der Waals surface area contributed by atoms with Crippen molar-refractivity contribution in [3.05, 3.63) is 82.6 Å². The number of aromatic nitrogens is 2. The van der Waals surface area contributed by atoms with Gasteiger partial charge in [-0.25, -0.2) is 4.98 Å². The highest BCUT2D eigenvalue weighted by Gasteiger charge is 2.50. The summed E-state index contributed by atoms with van der Waals surface area (Å²) in [6, 6.07) is 17.1. The summed E-state index contributed by atoms with van der Waals surface area (Å²) in [6.07, 6.45) is 2.97. The Balaban J connectivity index is 2.11. The number of hydrogen-bond acceptors (Lipinski definition) is 6. The average Bonchev–Trinajstić information content (AvgIpc) is 3.25. The summed E-state index contributed by atoms with van der Waals surface area (Å²) in [6.45, 7) is 6.36. The van der Waals surface area contributed by atoms with Crippen molar-refractivity contribution in [2.24, 2.45) is 5.41 Å². The molecule has 0 N–H and O–H groups in total. The molecule has 0 amide bonds. The largest absolute Gasteiger partial charge is 0.465 e. The van der Waals surface area contributed by atoms with Gasteiger partial charge in [-0.05, 0) is 43.9 Å². The number of hydrogen-bond donors (Lipinski definition) is 0. The number of imidazole rings is 1. The highest BCUT2D eigenvalue weighted by Crippen LogP contribution is 2.34. The van der Waals surface area contributed by atoms with Gasteiger partial charge in [0, 0.05) is 29.1 Å². The smallest absolute Gasteiger partial charge is 0.324 e. The van der Waals surface area contributed by atoms with E-state index in [2.05, 4.69) is 11.9 Å². The number of nitrogens with zero attached hydrogens (tertiary/aromatic N) is 2. The van der Waals surface area contributed by atoms with Crippen LogP contribution in [0.25, 0.3) is 0 Å². The predicted molar refractivity (Wildman–Crippen MR) is 143 cm³/mol. The van der Waals surface area contributed by atoms with Gasteiger partial charge in [-0.15, -0.1) is 0 Å². The van der Waals surface area contributed by atoms with Gasteiger partial charge < -0.3 is 14.0 Å². The molecule has 1 heterocycles. The third kappa shape index (κ3) is 6.71. The zero-order valence-corrected chi connectivity index (χ0v) is 22.6. The van der Waals surface area contributed by atoms with Gasteiger partial charge in [-0.1, -0.05) is 78.8 Å². The molecule has 192 valence electrons. The molecule has 6 nitrogen and oxygen atoms in total. The maximum atomic E-state index is 13.5. The van der Waals surface area contributed by atoms with Crippen molar-refractivity contribution in [3.8, 4) is 0 Å². The molecule has 0 unspecified atom stereocenters. The van der Waals surface area contributed by atoms with Crippen molar-refractivity contribution < 1.29 is 19.1 Å². The second-order valence-electron chi connectivity index (χ2n) is 8.42. The first-order valence-corrected chi connectivity index (χ1v) is 13.6. The molecular weight excluding hydrogens is 496 g/mol. The van der Waals surface area contributed by atoms with Crippen LogP contribution in [0.1, 0.15) is 44.0 Å². The monoisotopic (exact) mass is 528 g/mol. The van der Waals surface area contributed by atoms with Gasteiger partial charge in [0.25, 0.3) is 0 Å². The number of carbonyl (C=O) groups excluding carboxylic acids is 2. The average molecular weight is 529 g/mol. The van der Waals surface area contributed by atoms with E-state index in [0.29, 0.717) is 11.6 Å². The lowest BCUT2D eigenvalue weighted by Gasteiger charge is -2.30. The van der Waals surface area contributed by atoms with Crippen LogP contribution in [-0.4, -0.2) is 40.5 Å². The summed E-state index contributed by atoms with van der Waals surface area (Å²) >= 11 is 8.12. The third-order valence-corrected chi connectivity index (χ3v) is 7.35. The van der Waals surface area contributed by atoms with Crippen LogP contribution in [0.2, 0.25) is 5.02 Å². The normalized spacial score (nSPS) is 11.3. The Hall–Kier alpha value is -2.77. The van der Waals surface area contributed by atoms with E-state index in [1.165, 1.54) is 0 Å². The van der Waals surface area contributed by atoms with Crippen LogP contribution in [-0.2, 0) is 38.4 Å². The summed E-state index contributed by atoms with van der Waals surface area (Å²) in [7, 11) is 0. The minimum Gasteiger partial charge on any atom is -0.465 e. The SMILES string of the molecule is CCCSc1ncc(CC(Cc2ccccc2)(C(=O)OCC)C(=O)OCC)n1Cc1ccccc1Cl. The van der Waals surface area contributed by atoms with Crippen LogP contribution in [0.15, 0.2) is 66.0 Å². The Bertz CT molecular complexity index is 1130. The first-order valence-electron chi connectivity index (χ1n) is 12.2. The molecule has 0 fully saturated rings. The summed E-state index contributed by atoms with van der Waals surface area (Å²) in [5, 5.41) is 1.46. The van der Waals surface area contributed by atoms with E-state index < -0.39 is 17.4 Å². The summed E-state index contributed by atoms with van der Waals surface area (Å²) in [4.78, 5) is 31.7. The van der Waals surface area contributed by atoms with Crippen molar-refractivity contribution in [3.63, 3.8) is 0 Å². The van der Waals surface area contributed by atoms with Crippen LogP contribution in [0.5, 0.6) is 0 Å². The Morgan fingerprint density at radius 1 is 0.944 bits per heavy atom. The van der Waals surface area contributed by atoms with Crippen molar-refractivity contribution in [1.82, 2.24) is 9.55 Å². The van der Waals surface area contributed by atoms with E-state index in [4.69, 9.17) is 21.1 Å². The van der Waals surface area contributed by atoms with Gasteiger partial charge in [0.1, 0.15) is 0 Å². The van der Waals surface area contributed by atoms with Crippen molar-refractivity contribution in [2.75, 3.05) is 19.0 Å². The zero-order valence-electron chi connectivity index (χ0n) is 21.0. The molecule has 0 bridgehead atoms. The molecule has 3 rings (SSSR count). The zero-order chi connectivity index (χ0) is 26.0. The topological polar surface area (TPSA) is 70.4 Å². The molecule has 0 atom stereocenters. The van der Waals surface area contributed by atoms with Crippen molar-refractivity contribution in [1.29, 1.82) is 0 Å². The predicted octanol–water partition coefficient (Wildman–Crippen LogP) is 5.98. The van der Waals surface area contributed by atoms with Gasteiger partial charge >= 0.3 is 11.9 Å². The first-order chi connectivity index (χ1) is 17.4. The molecule has 3 aromatic rings. The van der Waals surface area contributed by atoms with Crippen LogP contribution in [0.4, 0.5) is 0 Å². The maximum absolute atomic E-state index is 13.5. The number of carbonyl (C=O) groups is 2. The van der Waals surface area contributed by atoms with Crippen molar-refractivity contribution in [2.45, 2.75) is 51.7 Å². The second kappa shape index (κ2) is 13.5. The number of esters is 2. The second-order valence-corrected chi connectivity index (χ2v) is 9.89. The van der Waals surface area contributed by atoms with E-state index in [9.17, 15) is 9.59 Å². The highest BCUT2D eigenvalue weighted by molar-refractivity contribution is 7.99. The van der Waals surface area contributed by atoms with E-state index >= 15 is 0 Å². The molecule has 0 aliphatic carbocycles. The van der Waals surface area contributed by atoms with Crippen molar-refractivity contribution >= 4 is 35.3 Å². The minimum absolute atomic E-state index is 0.0870. The minimum atomic E-state index is -1.56. The quantitative estimate of drug-likeness (QED) is 0.154. The molecule has 0 saturated heterocycles. The van der Waals surface area contributed by atoms with Gasteiger partial charge in [0.2, 0.25) is 0 Å². The standard InChI is InChI=1S/C28H33ClN2O4S/c1-4-16-36-27-30-19-23(31(27)20-22-14-10-11-15-24(22)29)18-28(25(32)34-5-2,26(33)35-6-3)17-21-12-8-7-9-13-21/h7-15,19H,4-6,16-18,20H2,1-3H3. The van der Waals surface area contributed by atoms with E-state index in [1.54, 1.807) is 31.8 Å². The maximum Gasteiger partial charge on any atom is 0.324 e. The summed E-state index contributed by atoms with van der Waals surface area (Å²) in [5.41, 5.74) is 0.956. The molecule has 0 aliphatic heterocycles. The number of halogens is 1. The third-order valence-electron chi connectivity index (χ3n) is 5.79. The molecule has 0 spiro atoms. The van der Waals surface area contributed by atoms with Crippen LogP contribution < -0.4 is 0 Å². The summed E-state index contributed by atoms with van der Waals surface area (Å²) in [5.74, 6) is -0.301. The molecule has 0 saturated carbocycles. The lowest BCUT2D eigenvalue weighted by atomic mass is 9.77. The van der Waals surface area contributed by atoms with Gasteiger partial charge in [-0.3, -0.25) is 9.59 Å². The fourth-order valence-corrected chi connectivity index (χ4v) is 5.08. The molecule has 8 heteroatoms. The van der Waals surface area contributed by atoms with Crippen LogP contribution in [0, 0.1) is 5.41 Å². The Morgan fingerprint density at radius 3 is 2.19 bits per heavy atom. The molecule has 2 aromatic carbocycles. The molecule has 36 heavy (non-hydrogen) atoms. The Morgan fingerprint density at radius 2 is 1.58 bits per heavy atom. The molecular formula is C28H33ClN2O4S. The molecule has 0 radical (unpaired) electrons. The van der Waals surface area contributed by atoms with Gasteiger partial charge in [0.15, 0.2) is 10.6 Å². The number of rotatable bonds is 13. The lowest BCUT2D eigenvalue weighted by Crippen LogP contribution is -2.46.